The predicted octanol–water partition coefficient (Wildman–Crippen LogP) is 4.97. The van der Waals surface area contributed by atoms with Gasteiger partial charge in [0, 0.05) is 27.3 Å². The number of aliphatic hydroxyl groups excluding tert-OH is 1. The van der Waals surface area contributed by atoms with Crippen LogP contribution in [0.3, 0.4) is 0 Å². The SMILES string of the molecule is Cc1cc(I)cc(C(O)NC(C)C)c1NC(=O)c1cc(C(F)(F)F)nn1C1=C(Cl)C=CC(C)N1. The zero-order chi connectivity index (χ0) is 25.4. The number of anilines is 1. The Morgan fingerprint density at radius 2 is 2.00 bits per heavy atom. The van der Waals surface area contributed by atoms with Crippen molar-refractivity contribution in [3.63, 3.8) is 0 Å². The number of halogens is 5. The maximum absolute atomic E-state index is 13.5. The van der Waals surface area contributed by atoms with E-state index in [2.05, 4.69) is 43.6 Å². The number of benzene rings is 1. The summed E-state index contributed by atoms with van der Waals surface area (Å²) in [4.78, 5) is 13.3. The van der Waals surface area contributed by atoms with Crippen molar-refractivity contribution in [1.82, 2.24) is 20.4 Å². The molecule has 1 aliphatic heterocycles. The standard InChI is InChI=1S/C22H24ClF3IN5O2/c1-10(2)28-20(33)14-8-13(27)7-11(3)18(14)30-21(34)16-9-17(22(24,25)26)31-32(16)19-15(23)6-5-12(4)29-19/h5-10,12,20,28-29,33H,1-4H3,(H,30,34). The van der Waals surface area contributed by atoms with Gasteiger partial charge in [0.05, 0.1) is 10.7 Å². The molecule has 34 heavy (non-hydrogen) atoms. The fourth-order valence-corrected chi connectivity index (χ4v) is 4.40. The lowest BCUT2D eigenvalue weighted by Gasteiger charge is -2.23. The van der Waals surface area contributed by atoms with Crippen molar-refractivity contribution in [2.75, 3.05) is 5.32 Å². The van der Waals surface area contributed by atoms with Gasteiger partial charge in [-0.25, -0.2) is 4.68 Å². The van der Waals surface area contributed by atoms with Gasteiger partial charge in [-0.1, -0.05) is 17.7 Å². The second kappa shape index (κ2) is 10.3. The molecular formula is C22H24ClF3IN5O2. The number of rotatable bonds is 6. The van der Waals surface area contributed by atoms with Crippen molar-refractivity contribution in [2.45, 2.75) is 52.2 Å². The van der Waals surface area contributed by atoms with Crippen LogP contribution < -0.4 is 16.0 Å². The van der Waals surface area contributed by atoms with Crippen molar-refractivity contribution in [3.05, 3.63) is 61.5 Å². The van der Waals surface area contributed by atoms with Gasteiger partial charge in [0.15, 0.2) is 5.69 Å². The number of allylic oxidation sites excluding steroid dienone is 2. The first-order valence-corrected chi connectivity index (χ1v) is 11.8. The maximum Gasteiger partial charge on any atom is 0.435 e. The lowest BCUT2D eigenvalue weighted by Crippen LogP contribution is -2.32. The summed E-state index contributed by atoms with van der Waals surface area (Å²) >= 11 is 8.30. The maximum atomic E-state index is 13.5. The number of alkyl halides is 3. The van der Waals surface area contributed by atoms with E-state index in [1.54, 1.807) is 32.1 Å². The summed E-state index contributed by atoms with van der Waals surface area (Å²) < 4.78 is 42.1. The van der Waals surface area contributed by atoms with Crippen molar-refractivity contribution in [2.24, 2.45) is 0 Å². The lowest BCUT2D eigenvalue weighted by molar-refractivity contribution is -0.141. The summed E-state index contributed by atoms with van der Waals surface area (Å²) in [6.45, 7) is 7.21. The molecule has 0 bridgehead atoms. The zero-order valence-electron chi connectivity index (χ0n) is 18.8. The average Bonchev–Trinajstić information content (AvgIpc) is 3.17. The van der Waals surface area contributed by atoms with E-state index in [1.165, 1.54) is 6.08 Å². The molecule has 1 aromatic carbocycles. The number of nitrogens with one attached hydrogen (secondary N) is 3. The van der Waals surface area contributed by atoms with E-state index in [9.17, 15) is 23.1 Å². The minimum atomic E-state index is -4.77. The third kappa shape index (κ3) is 5.93. The first-order valence-electron chi connectivity index (χ1n) is 10.4. The van der Waals surface area contributed by atoms with Gasteiger partial charge in [-0.15, -0.1) is 0 Å². The molecule has 0 saturated carbocycles. The third-order valence-electron chi connectivity index (χ3n) is 4.92. The monoisotopic (exact) mass is 609 g/mol. The van der Waals surface area contributed by atoms with Crippen molar-refractivity contribution >= 4 is 51.6 Å². The minimum Gasteiger partial charge on any atom is -0.374 e. The van der Waals surface area contributed by atoms with Crippen LogP contribution in [0.1, 0.15) is 54.3 Å². The second-order valence-corrected chi connectivity index (χ2v) is 9.83. The van der Waals surface area contributed by atoms with Crippen LogP contribution in [0.2, 0.25) is 0 Å². The fraction of sp³-hybridized carbons (Fsp3) is 0.364. The molecule has 0 spiro atoms. The Bertz CT molecular complexity index is 1160. The van der Waals surface area contributed by atoms with E-state index >= 15 is 0 Å². The Hall–Kier alpha value is -2.09. The van der Waals surface area contributed by atoms with E-state index in [1.807, 2.05) is 13.8 Å². The summed E-state index contributed by atoms with van der Waals surface area (Å²) in [6, 6.07) is 3.84. The fourth-order valence-electron chi connectivity index (χ4n) is 3.39. The molecule has 3 rings (SSSR count). The highest BCUT2D eigenvalue weighted by molar-refractivity contribution is 14.1. The van der Waals surface area contributed by atoms with Gasteiger partial charge in [-0.05, 0) is 74.1 Å². The summed E-state index contributed by atoms with van der Waals surface area (Å²) in [6.07, 6.45) is -2.62. The summed E-state index contributed by atoms with van der Waals surface area (Å²) in [7, 11) is 0. The van der Waals surface area contributed by atoms with Crippen LogP contribution in [0.25, 0.3) is 5.82 Å². The molecule has 0 radical (unpaired) electrons. The molecule has 12 heteroatoms. The summed E-state index contributed by atoms with van der Waals surface area (Å²) in [5.41, 5.74) is -0.299. The highest BCUT2D eigenvalue weighted by atomic mass is 127. The second-order valence-electron chi connectivity index (χ2n) is 8.18. The number of aromatic nitrogens is 2. The molecule has 2 atom stereocenters. The number of hydrogen-bond donors (Lipinski definition) is 4. The molecule has 2 aromatic rings. The minimum absolute atomic E-state index is 0.0541. The molecule has 184 valence electrons. The molecule has 2 unspecified atom stereocenters. The highest BCUT2D eigenvalue weighted by Gasteiger charge is 2.37. The van der Waals surface area contributed by atoms with E-state index < -0.39 is 24.0 Å². The third-order valence-corrected chi connectivity index (χ3v) is 5.85. The molecule has 1 aromatic heterocycles. The Kier molecular flexibility index (Phi) is 8.00. The van der Waals surface area contributed by atoms with Crippen LogP contribution in [0.5, 0.6) is 0 Å². The molecule has 0 saturated heterocycles. The molecule has 1 amide bonds. The topological polar surface area (TPSA) is 91.2 Å². The number of aryl methyl sites for hydroxylation is 1. The Balaban J connectivity index is 2.08. The van der Waals surface area contributed by atoms with Crippen LogP contribution in [0, 0.1) is 10.5 Å². The normalized spacial score (nSPS) is 17.2. The van der Waals surface area contributed by atoms with Crippen molar-refractivity contribution in [3.8, 4) is 0 Å². The van der Waals surface area contributed by atoms with Gasteiger partial charge in [0.1, 0.15) is 17.7 Å². The largest absolute Gasteiger partial charge is 0.435 e. The molecule has 4 N–H and O–H groups in total. The van der Waals surface area contributed by atoms with Crippen LogP contribution in [0.15, 0.2) is 35.4 Å². The van der Waals surface area contributed by atoms with Gasteiger partial charge < -0.3 is 15.7 Å². The zero-order valence-corrected chi connectivity index (χ0v) is 21.7. The van der Waals surface area contributed by atoms with Gasteiger partial charge in [-0.2, -0.15) is 18.3 Å². The first kappa shape index (κ1) is 26.5. The first-order chi connectivity index (χ1) is 15.8. The quantitative estimate of drug-likeness (QED) is 0.274. The van der Waals surface area contributed by atoms with Gasteiger partial charge >= 0.3 is 6.18 Å². The number of amides is 1. The van der Waals surface area contributed by atoms with E-state index in [0.29, 0.717) is 17.2 Å². The molecule has 2 heterocycles. The number of hydrogen-bond acceptors (Lipinski definition) is 5. The Morgan fingerprint density at radius 1 is 1.32 bits per heavy atom. The molecule has 0 aliphatic carbocycles. The van der Waals surface area contributed by atoms with Crippen LogP contribution in [-0.4, -0.2) is 32.9 Å². The number of nitrogens with zero attached hydrogens (tertiary/aromatic N) is 2. The van der Waals surface area contributed by atoms with E-state index in [4.69, 9.17) is 11.6 Å². The van der Waals surface area contributed by atoms with Gasteiger partial charge in [0.25, 0.3) is 5.91 Å². The number of aliphatic hydroxyl groups is 1. The Labute approximate surface area is 213 Å². The lowest BCUT2D eigenvalue weighted by atomic mass is 10.1. The van der Waals surface area contributed by atoms with Crippen LogP contribution >= 0.6 is 34.2 Å². The van der Waals surface area contributed by atoms with Crippen LogP contribution in [-0.2, 0) is 6.18 Å². The summed E-state index contributed by atoms with van der Waals surface area (Å²) in [5.74, 6) is -0.787. The van der Waals surface area contributed by atoms with Gasteiger partial charge in [-0.3, -0.25) is 10.1 Å². The van der Waals surface area contributed by atoms with E-state index in [0.717, 1.165) is 8.25 Å². The molecule has 0 fully saturated rings. The van der Waals surface area contributed by atoms with E-state index in [-0.39, 0.29) is 34.3 Å². The van der Waals surface area contributed by atoms with Crippen molar-refractivity contribution < 1.29 is 23.1 Å². The average molecular weight is 610 g/mol. The highest BCUT2D eigenvalue weighted by Crippen LogP contribution is 2.32. The van der Waals surface area contributed by atoms with Crippen molar-refractivity contribution in [1.29, 1.82) is 0 Å². The molecule has 7 nitrogen and oxygen atoms in total. The molecule has 1 aliphatic rings. The smallest absolute Gasteiger partial charge is 0.374 e. The number of dihydropyridines is 1. The summed E-state index contributed by atoms with van der Waals surface area (Å²) in [5, 5.41) is 22.9. The number of carbonyl (C=O) groups is 1. The Morgan fingerprint density at radius 3 is 2.62 bits per heavy atom. The predicted molar refractivity (Wildman–Crippen MR) is 133 cm³/mol. The number of carbonyl (C=O) groups excluding carboxylic acids is 1. The van der Waals surface area contributed by atoms with Crippen LogP contribution in [0.4, 0.5) is 18.9 Å². The molecular weight excluding hydrogens is 586 g/mol. The van der Waals surface area contributed by atoms with Gasteiger partial charge in [0.2, 0.25) is 0 Å².